The first-order valence-corrected chi connectivity index (χ1v) is 6.71. The van der Waals surface area contributed by atoms with Gasteiger partial charge in [-0.2, -0.15) is 0 Å². The van der Waals surface area contributed by atoms with Crippen LogP contribution in [0.4, 0.5) is 0 Å². The van der Waals surface area contributed by atoms with Crippen molar-refractivity contribution in [3.05, 3.63) is 21.7 Å². The highest BCUT2D eigenvalue weighted by Gasteiger charge is 2.20. The Labute approximate surface area is 110 Å². The molecule has 1 aromatic rings. The number of nitrogens with one attached hydrogen (secondary N) is 1. The van der Waals surface area contributed by atoms with Crippen LogP contribution >= 0.6 is 15.9 Å². The van der Waals surface area contributed by atoms with Crippen LogP contribution in [0.25, 0.3) is 0 Å². The molecule has 0 amide bonds. The summed E-state index contributed by atoms with van der Waals surface area (Å²) < 4.78 is 6.02. The lowest BCUT2D eigenvalue weighted by atomic mass is 9.98. The highest BCUT2D eigenvalue weighted by Crippen LogP contribution is 2.40. The van der Waals surface area contributed by atoms with Crippen LogP contribution in [-0.2, 0) is 6.42 Å². The molecule has 0 bridgehead atoms. The Kier molecular flexibility index (Phi) is 3.94. The number of ether oxygens (including phenoxy) is 1. The summed E-state index contributed by atoms with van der Waals surface area (Å²) in [5.41, 5.74) is 2.09. The fourth-order valence-corrected chi connectivity index (χ4v) is 3.10. The van der Waals surface area contributed by atoms with E-state index in [-0.39, 0.29) is 5.75 Å². The average Bonchev–Trinajstić information content (AvgIpc) is 2.77. The maximum absolute atomic E-state index is 10.2. The van der Waals surface area contributed by atoms with Gasteiger partial charge in [-0.05, 0) is 60.3 Å². The van der Waals surface area contributed by atoms with Gasteiger partial charge in [-0.3, -0.25) is 0 Å². The molecule has 1 aliphatic heterocycles. The molecule has 1 heterocycles. The molecule has 1 atom stereocenters. The van der Waals surface area contributed by atoms with Crippen LogP contribution < -0.4 is 10.1 Å². The fraction of sp³-hybridized carbons (Fsp3) is 0.538. The molecular weight excluding hydrogens is 282 g/mol. The maximum Gasteiger partial charge on any atom is 0.174 e. The smallest absolute Gasteiger partial charge is 0.174 e. The zero-order valence-electron chi connectivity index (χ0n) is 10.2. The Morgan fingerprint density at radius 1 is 1.59 bits per heavy atom. The summed E-state index contributed by atoms with van der Waals surface area (Å²) in [6.07, 6.45) is 3.26. The van der Waals surface area contributed by atoms with Crippen molar-refractivity contribution in [3.63, 3.8) is 0 Å². The van der Waals surface area contributed by atoms with E-state index in [1.54, 1.807) is 7.11 Å². The Morgan fingerprint density at radius 2 is 2.35 bits per heavy atom. The maximum atomic E-state index is 10.2. The van der Waals surface area contributed by atoms with Gasteiger partial charge in [0.2, 0.25) is 0 Å². The van der Waals surface area contributed by atoms with E-state index in [2.05, 4.69) is 21.2 Å². The zero-order valence-corrected chi connectivity index (χ0v) is 11.8. The second-order valence-electron chi connectivity index (χ2n) is 4.53. The van der Waals surface area contributed by atoms with Gasteiger partial charge in [0.1, 0.15) is 0 Å². The SMILES string of the molecule is COc1c(Br)cc(C)c(CC2CCCN2)c1O. The molecule has 4 heteroatoms. The third kappa shape index (κ3) is 2.58. The molecule has 1 saturated heterocycles. The molecule has 0 aromatic heterocycles. The van der Waals surface area contributed by atoms with Crippen LogP contribution in [0, 0.1) is 6.92 Å². The Balaban J connectivity index is 2.31. The summed E-state index contributed by atoms with van der Waals surface area (Å²) >= 11 is 3.40. The van der Waals surface area contributed by atoms with E-state index in [0.29, 0.717) is 11.8 Å². The molecule has 0 aliphatic carbocycles. The summed E-state index contributed by atoms with van der Waals surface area (Å²) in [6, 6.07) is 2.48. The summed E-state index contributed by atoms with van der Waals surface area (Å²) in [5.74, 6) is 0.802. The minimum Gasteiger partial charge on any atom is -0.504 e. The number of rotatable bonds is 3. The predicted octanol–water partition coefficient (Wildman–Crippen LogP) is 2.77. The van der Waals surface area contributed by atoms with Crippen molar-refractivity contribution in [2.75, 3.05) is 13.7 Å². The van der Waals surface area contributed by atoms with Gasteiger partial charge in [0.15, 0.2) is 11.5 Å². The number of hydrogen-bond donors (Lipinski definition) is 2. The topological polar surface area (TPSA) is 41.5 Å². The lowest BCUT2D eigenvalue weighted by molar-refractivity contribution is 0.366. The third-order valence-electron chi connectivity index (χ3n) is 3.35. The normalized spacial score (nSPS) is 19.6. The molecule has 3 nitrogen and oxygen atoms in total. The average molecular weight is 300 g/mol. The van der Waals surface area contributed by atoms with Crippen LogP contribution in [0.2, 0.25) is 0 Å². The molecule has 1 aliphatic rings. The monoisotopic (exact) mass is 299 g/mol. The number of halogens is 1. The number of hydrogen-bond acceptors (Lipinski definition) is 3. The van der Waals surface area contributed by atoms with E-state index in [9.17, 15) is 5.11 Å². The largest absolute Gasteiger partial charge is 0.504 e. The predicted molar refractivity (Wildman–Crippen MR) is 71.8 cm³/mol. The molecule has 0 spiro atoms. The summed E-state index contributed by atoms with van der Waals surface area (Å²) in [4.78, 5) is 0. The van der Waals surface area contributed by atoms with E-state index >= 15 is 0 Å². The highest BCUT2D eigenvalue weighted by molar-refractivity contribution is 9.10. The van der Waals surface area contributed by atoms with Gasteiger partial charge in [-0.1, -0.05) is 0 Å². The van der Waals surface area contributed by atoms with Crippen molar-refractivity contribution in [1.82, 2.24) is 5.32 Å². The quantitative estimate of drug-likeness (QED) is 0.902. The molecule has 0 saturated carbocycles. The van der Waals surface area contributed by atoms with Gasteiger partial charge in [0.25, 0.3) is 0 Å². The third-order valence-corrected chi connectivity index (χ3v) is 3.94. The molecule has 1 aromatic carbocycles. The Morgan fingerprint density at radius 3 is 2.94 bits per heavy atom. The first-order chi connectivity index (χ1) is 8.13. The summed E-state index contributed by atoms with van der Waals surface area (Å²) in [6.45, 7) is 3.10. The van der Waals surface area contributed by atoms with E-state index in [0.717, 1.165) is 28.6 Å². The number of phenols is 1. The summed E-state index contributed by atoms with van der Waals surface area (Å²) in [5, 5.41) is 13.7. The number of methoxy groups -OCH3 is 1. The highest BCUT2D eigenvalue weighted by atomic mass is 79.9. The van der Waals surface area contributed by atoms with E-state index < -0.39 is 0 Å². The first-order valence-electron chi connectivity index (χ1n) is 5.91. The molecule has 2 N–H and O–H groups in total. The second kappa shape index (κ2) is 5.27. The number of phenolic OH excluding ortho intramolecular Hbond substituents is 1. The van der Waals surface area contributed by atoms with Crippen LogP contribution in [0.15, 0.2) is 10.5 Å². The lowest BCUT2D eigenvalue weighted by Crippen LogP contribution is -2.24. The standard InChI is InChI=1S/C13H18BrNO2/c1-8-6-11(14)13(17-2)12(16)10(8)7-9-4-3-5-15-9/h6,9,15-16H,3-5,7H2,1-2H3. The van der Waals surface area contributed by atoms with Crippen LogP contribution in [-0.4, -0.2) is 24.8 Å². The second-order valence-corrected chi connectivity index (χ2v) is 5.39. The van der Waals surface area contributed by atoms with E-state index in [4.69, 9.17) is 4.74 Å². The Bertz CT molecular complexity index is 414. The van der Waals surface area contributed by atoms with Gasteiger partial charge in [-0.25, -0.2) is 0 Å². The van der Waals surface area contributed by atoms with Crippen LogP contribution in [0.5, 0.6) is 11.5 Å². The minimum atomic E-state index is 0.271. The van der Waals surface area contributed by atoms with Crippen molar-refractivity contribution < 1.29 is 9.84 Å². The van der Waals surface area contributed by atoms with E-state index in [1.807, 2.05) is 13.0 Å². The van der Waals surface area contributed by atoms with Gasteiger partial charge in [0.05, 0.1) is 11.6 Å². The van der Waals surface area contributed by atoms with E-state index in [1.165, 1.54) is 12.8 Å². The summed E-state index contributed by atoms with van der Waals surface area (Å²) in [7, 11) is 1.58. The molecule has 1 fully saturated rings. The number of aromatic hydroxyl groups is 1. The number of aryl methyl sites for hydroxylation is 1. The van der Waals surface area contributed by atoms with Gasteiger partial charge >= 0.3 is 0 Å². The molecule has 2 rings (SSSR count). The molecule has 0 radical (unpaired) electrons. The van der Waals surface area contributed by atoms with Crippen LogP contribution in [0.1, 0.15) is 24.0 Å². The van der Waals surface area contributed by atoms with Gasteiger partial charge < -0.3 is 15.2 Å². The Hall–Kier alpha value is -0.740. The zero-order chi connectivity index (χ0) is 12.4. The molecule has 1 unspecified atom stereocenters. The van der Waals surface area contributed by atoms with Gasteiger partial charge in [-0.15, -0.1) is 0 Å². The van der Waals surface area contributed by atoms with Crippen LogP contribution in [0.3, 0.4) is 0 Å². The van der Waals surface area contributed by atoms with Crippen molar-refractivity contribution >= 4 is 15.9 Å². The molecule has 94 valence electrons. The molecule has 17 heavy (non-hydrogen) atoms. The fourth-order valence-electron chi connectivity index (χ4n) is 2.41. The molecular formula is C13H18BrNO2. The number of benzene rings is 1. The first kappa shape index (κ1) is 12.7. The van der Waals surface area contributed by atoms with Crippen molar-refractivity contribution in [1.29, 1.82) is 0 Å². The minimum absolute atomic E-state index is 0.271. The lowest BCUT2D eigenvalue weighted by Gasteiger charge is -2.17. The van der Waals surface area contributed by atoms with Gasteiger partial charge in [0, 0.05) is 11.6 Å². The van der Waals surface area contributed by atoms with Crippen molar-refractivity contribution in [2.45, 2.75) is 32.2 Å². The van der Waals surface area contributed by atoms with Crippen molar-refractivity contribution in [3.8, 4) is 11.5 Å². The van der Waals surface area contributed by atoms with Crippen molar-refractivity contribution in [2.24, 2.45) is 0 Å².